The van der Waals surface area contributed by atoms with Crippen LogP contribution in [-0.2, 0) is 20.9 Å². The first-order chi connectivity index (χ1) is 7.18. The first-order valence-electron chi connectivity index (χ1n) is 4.09. The van der Waals surface area contributed by atoms with Gasteiger partial charge in [-0.2, -0.15) is 5.10 Å². The zero-order valence-electron chi connectivity index (χ0n) is 7.77. The summed E-state index contributed by atoms with van der Waals surface area (Å²) in [6, 6.07) is 0. The maximum Gasteiger partial charge on any atom is 0.329 e. The molecule has 82 valence electrons. The summed E-state index contributed by atoms with van der Waals surface area (Å²) in [7, 11) is 0. The molecule has 0 unspecified atom stereocenters. The molecule has 15 heavy (non-hydrogen) atoms. The zero-order valence-corrected chi connectivity index (χ0v) is 7.77. The fraction of sp³-hybridized carbons (Fsp3) is 0.429. The molecule has 0 aliphatic rings. The molecule has 0 bridgehead atoms. The van der Waals surface area contributed by atoms with Gasteiger partial charge in [0, 0.05) is 0 Å². The highest BCUT2D eigenvalue weighted by atomic mass is 16.5. The van der Waals surface area contributed by atoms with Gasteiger partial charge in [-0.15, -0.1) is 0 Å². The molecule has 8 nitrogen and oxygen atoms in total. The Morgan fingerprint density at radius 1 is 1.53 bits per heavy atom. The normalized spacial score (nSPS) is 9.87. The molecular weight excluding hydrogens is 204 g/mol. The van der Waals surface area contributed by atoms with Gasteiger partial charge >= 0.3 is 5.97 Å². The molecule has 1 heterocycles. The molecule has 0 saturated carbocycles. The topological polar surface area (TPSA) is 117 Å². The molecule has 8 heteroatoms. The van der Waals surface area contributed by atoms with Crippen molar-refractivity contribution < 1.29 is 19.4 Å². The summed E-state index contributed by atoms with van der Waals surface area (Å²) in [6.07, 6.45) is 1.32. The molecule has 1 amide bonds. The second kappa shape index (κ2) is 5.70. The van der Waals surface area contributed by atoms with Crippen molar-refractivity contribution in [3.8, 4) is 0 Å². The van der Waals surface area contributed by atoms with Crippen LogP contribution in [0.1, 0.15) is 5.82 Å². The molecule has 0 atom stereocenters. The molecule has 0 saturated heterocycles. The van der Waals surface area contributed by atoms with Crippen LogP contribution in [0.3, 0.4) is 0 Å². The van der Waals surface area contributed by atoms with E-state index in [4.69, 9.17) is 5.11 Å². The largest absolute Gasteiger partial charge is 0.480 e. The number of H-pyrrole nitrogens is 1. The number of aromatic nitrogens is 3. The minimum atomic E-state index is -1.11. The van der Waals surface area contributed by atoms with Gasteiger partial charge in [0.1, 0.15) is 25.4 Å². The molecule has 0 spiro atoms. The summed E-state index contributed by atoms with van der Waals surface area (Å²) in [5, 5.41) is 16.8. The van der Waals surface area contributed by atoms with Gasteiger partial charge in [0.15, 0.2) is 0 Å². The van der Waals surface area contributed by atoms with Crippen LogP contribution < -0.4 is 5.32 Å². The number of ether oxygens (including phenoxy) is 1. The number of carbonyl (C=O) groups excluding carboxylic acids is 1. The van der Waals surface area contributed by atoms with Crippen molar-refractivity contribution in [2.24, 2.45) is 0 Å². The molecule has 1 aromatic rings. The van der Waals surface area contributed by atoms with Crippen LogP contribution in [-0.4, -0.2) is 45.4 Å². The molecule has 0 aliphatic heterocycles. The molecule has 1 aromatic heterocycles. The van der Waals surface area contributed by atoms with E-state index in [1.165, 1.54) is 6.33 Å². The number of nitrogens with one attached hydrogen (secondary N) is 2. The molecule has 0 aliphatic carbocycles. The number of amides is 1. The highest BCUT2D eigenvalue weighted by molar-refractivity contribution is 5.77. The van der Waals surface area contributed by atoms with Crippen LogP contribution in [0.2, 0.25) is 0 Å². The Bertz CT molecular complexity index is 324. The number of hydrogen-bond donors (Lipinski definition) is 3. The standard InChI is InChI=1S/C7H10N4O4/c12-6(2-15-3-7(13)14)8-1-5-9-4-10-11-5/h4H,1-3H2,(H,8,12)(H,13,14)(H,9,10,11). The maximum absolute atomic E-state index is 11.0. The number of rotatable bonds is 6. The summed E-state index contributed by atoms with van der Waals surface area (Å²) in [5.41, 5.74) is 0. The van der Waals surface area contributed by atoms with Crippen LogP contribution in [0.15, 0.2) is 6.33 Å². The van der Waals surface area contributed by atoms with Gasteiger partial charge in [0.2, 0.25) is 5.91 Å². The highest BCUT2D eigenvalue weighted by Gasteiger charge is 2.04. The lowest BCUT2D eigenvalue weighted by Crippen LogP contribution is -2.28. The first-order valence-corrected chi connectivity index (χ1v) is 4.09. The van der Waals surface area contributed by atoms with Gasteiger partial charge in [-0.3, -0.25) is 9.89 Å². The van der Waals surface area contributed by atoms with Crippen molar-refractivity contribution in [2.45, 2.75) is 6.54 Å². The second-order valence-corrected chi connectivity index (χ2v) is 2.60. The second-order valence-electron chi connectivity index (χ2n) is 2.60. The van der Waals surface area contributed by atoms with E-state index in [2.05, 4.69) is 25.2 Å². The molecule has 3 N–H and O–H groups in total. The predicted molar refractivity (Wildman–Crippen MR) is 46.7 cm³/mol. The van der Waals surface area contributed by atoms with E-state index in [1.54, 1.807) is 0 Å². The van der Waals surface area contributed by atoms with Gasteiger partial charge in [-0.05, 0) is 0 Å². The number of hydrogen-bond acceptors (Lipinski definition) is 5. The number of nitrogens with zero attached hydrogens (tertiary/aromatic N) is 2. The van der Waals surface area contributed by atoms with Gasteiger partial charge < -0.3 is 15.2 Å². The lowest BCUT2D eigenvalue weighted by Gasteiger charge is -2.02. The van der Waals surface area contributed by atoms with Crippen LogP contribution in [0.25, 0.3) is 0 Å². The zero-order chi connectivity index (χ0) is 11.1. The molecule has 0 aromatic carbocycles. The van der Waals surface area contributed by atoms with Crippen molar-refractivity contribution in [3.05, 3.63) is 12.2 Å². The fourth-order valence-corrected chi connectivity index (χ4v) is 0.780. The van der Waals surface area contributed by atoms with Crippen molar-refractivity contribution >= 4 is 11.9 Å². The third-order valence-electron chi connectivity index (χ3n) is 1.38. The van der Waals surface area contributed by atoms with Gasteiger partial charge in [-0.1, -0.05) is 0 Å². The van der Waals surface area contributed by atoms with Crippen LogP contribution in [0, 0.1) is 0 Å². The van der Waals surface area contributed by atoms with E-state index in [-0.39, 0.29) is 13.2 Å². The third kappa shape index (κ3) is 4.72. The molecular formula is C7H10N4O4. The number of aliphatic carboxylic acids is 1. The predicted octanol–water partition coefficient (Wildman–Crippen LogP) is -1.48. The Balaban J connectivity index is 2.11. The van der Waals surface area contributed by atoms with Crippen molar-refractivity contribution in [2.75, 3.05) is 13.2 Å². The molecule has 0 radical (unpaired) electrons. The minimum absolute atomic E-state index is 0.204. The molecule has 0 fully saturated rings. The number of aromatic amines is 1. The van der Waals surface area contributed by atoms with Crippen molar-refractivity contribution in [1.29, 1.82) is 0 Å². The van der Waals surface area contributed by atoms with E-state index in [1.807, 2.05) is 0 Å². The Hall–Kier alpha value is -1.96. The average molecular weight is 214 g/mol. The van der Waals surface area contributed by atoms with Crippen LogP contribution in [0.4, 0.5) is 0 Å². The smallest absolute Gasteiger partial charge is 0.329 e. The first kappa shape index (κ1) is 11.1. The third-order valence-corrected chi connectivity index (χ3v) is 1.38. The van der Waals surface area contributed by atoms with Crippen LogP contribution in [0.5, 0.6) is 0 Å². The lowest BCUT2D eigenvalue weighted by molar-refractivity contribution is -0.143. The highest BCUT2D eigenvalue weighted by Crippen LogP contribution is 1.84. The Kier molecular flexibility index (Phi) is 4.23. The summed E-state index contributed by atoms with van der Waals surface area (Å²) in [5.74, 6) is -1.01. The van der Waals surface area contributed by atoms with E-state index in [0.29, 0.717) is 5.82 Å². The van der Waals surface area contributed by atoms with Crippen molar-refractivity contribution in [3.63, 3.8) is 0 Å². The summed E-state index contributed by atoms with van der Waals surface area (Å²) in [6.45, 7) is -0.578. The summed E-state index contributed by atoms with van der Waals surface area (Å²) in [4.78, 5) is 24.9. The van der Waals surface area contributed by atoms with E-state index < -0.39 is 18.5 Å². The molecule has 1 rings (SSSR count). The van der Waals surface area contributed by atoms with Crippen molar-refractivity contribution in [1.82, 2.24) is 20.5 Å². The minimum Gasteiger partial charge on any atom is -0.480 e. The quantitative estimate of drug-likeness (QED) is 0.531. The Morgan fingerprint density at radius 2 is 2.33 bits per heavy atom. The average Bonchev–Trinajstić information content (AvgIpc) is 2.66. The van der Waals surface area contributed by atoms with Gasteiger partial charge in [-0.25, -0.2) is 9.78 Å². The number of carboxylic acids is 1. The van der Waals surface area contributed by atoms with E-state index in [9.17, 15) is 9.59 Å². The Morgan fingerprint density at radius 3 is 2.93 bits per heavy atom. The SMILES string of the molecule is O=C(O)COCC(=O)NCc1ncn[nH]1. The number of carbonyl (C=O) groups is 2. The number of carboxylic acid groups (broad SMARTS) is 1. The van der Waals surface area contributed by atoms with Gasteiger partial charge in [0.25, 0.3) is 0 Å². The lowest BCUT2D eigenvalue weighted by atomic mass is 10.5. The maximum atomic E-state index is 11.0. The van der Waals surface area contributed by atoms with E-state index in [0.717, 1.165) is 0 Å². The van der Waals surface area contributed by atoms with E-state index >= 15 is 0 Å². The van der Waals surface area contributed by atoms with Crippen LogP contribution >= 0.6 is 0 Å². The summed E-state index contributed by atoms with van der Waals surface area (Å²) < 4.78 is 4.57. The Labute approximate surface area is 84.7 Å². The fourth-order valence-electron chi connectivity index (χ4n) is 0.780. The monoisotopic (exact) mass is 214 g/mol. The summed E-state index contributed by atoms with van der Waals surface area (Å²) >= 11 is 0. The van der Waals surface area contributed by atoms with Gasteiger partial charge in [0.05, 0.1) is 6.54 Å².